The van der Waals surface area contributed by atoms with Crippen molar-refractivity contribution in [2.24, 2.45) is 0 Å². The predicted molar refractivity (Wildman–Crippen MR) is 135 cm³/mol. The third-order valence-corrected chi connectivity index (χ3v) is 7.93. The van der Waals surface area contributed by atoms with Crippen molar-refractivity contribution in [1.29, 1.82) is 0 Å². The summed E-state index contributed by atoms with van der Waals surface area (Å²) in [5, 5.41) is 0. The highest BCUT2D eigenvalue weighted by Gasteiger charge is 2.30. The summed E-state index contributed by atoms with van der Waals surface area (Å²) in [7, 11) is 1.80. The van der Waals surface area contributed by atoms with E-state index >= 15 is 0 Å². The smallest absolute Gasteiger partial charge is 0.119 e. The van der Waals surface area contributed by atoms with Gasteiger partial charge in [-0.05, 0) is 76.5 Å². The Kier molecular flexibility index (Phi) is 9.86. The van der Waals surface area contributed by atoms with Gasteiger partial charge in [0.05, 0.1) is 13.2 Å². The fourth-order valence-corrected chi connectivity index (χ4v) is 5.90. The summed E-state index contributed by atoms with van der Waals surface area (Å²) < 4.78 is 11.0. The van der Waals surface area contributed by atoms with Gasteiger partial charge in [0.25, 0.3) is 0 Å². The van der Waals surface area contributed by atoms with E-state index in [1.54, 1.807) is 7.11 Å². The van der Waals surface area contributed by atoms with E-state index in [1.165, 1.54) is 63.8 Å². The summed E-state index contributed by atoms with van der Waals surface area (Å²) in [4.78, 5) is 10.8. The molecule has 3 saturated heterocycles. The second-order valence-corrected chi connectivity index (χ2v) is 10.0. The molecule has 33 heavy (non-hydrogen) atoms. The van der Waals surface area contributed by atoms with E-state index in [4.69, 9.17) is 9.47 Å². The molecule has 0 aliphatic carbocycles. The van der Waals surface area contributed by atoms with Gasteiger partial charge in [-0.2, -0.15) is 0 Å². The van der Waals surface area contributed by atoms with Gasteiger partial charge in [-0.25, -0.2) is 0 Å². The van der Waals surface area contributed by atoms with Crippen LogP contribution in [0.1, 0.15) is 50.6 Å². The average Bonchev–Trinajstić information content (AvgIpc) is 2.88. The van der Waals surface area contributed by atoms with Gasteiger partial charge in [0.1, 0.15) is 5.75 Å². The molecule has 6 nitrogen and oxygen atoms in total. The summed E-state index contributed by atoms with van der Waals surface area (Å²) in [6, 6.07) is 10.2. The molecule has 1 aromatic carbocycles. The molecule has 0 bridgehead atoms. The molecule has 1 aromatic rings. The van der Waals surface area contributed by atoms with Crippen LogP contribution in [0.2, 0.25) is 0 Å². The van der Waals surface area contributed by atoms with Crippen LogP contribution in [-0.4, -0.2) is 111 Å². The maximum absolute atomic E-state index is 5.71. The van der Waals surface area contributed by atoms with Gasteiger partial charge in [-0.1, -0.05) is 18.6 Å². The summed E-state index contributed by atoms with van der Waals surface area (Å²) >= 11 is 0. The van der Waals surface area contributed by atoms with Crippen LogP contribution < -0.4 is 4.74 Å². The molecule has 3 heterocycles. The molecule has 1 unspecified atom stereocenters. The predicted octanol–water partition coefficient (Wildman–Crippen LogP) is 3.34. The number of likely N-dealkylation sites (tertiary alicyclic amines) is 2. The number of methoxy groups -OCH3 is 1. The van der Waals surface area contributed by atoms with Crippen LogP contribution in [0.25, 0.3) is 0 Å². The fourth-order valence-electron chi connectivity index (χ4n) is 5.90. The van der Waals surface area contributed by atoms with Crippen LogP contribution >= 0.6 is 0 Å². The third-order valence-electron chi connectivity index (χ3n) is 7.93. The Bertz CT molecular complexity index is 663. The molecule has 0 radical (unpaired) electrons. The largest absolute Gasteiger partial charge is 0.494 e. The Hall–Kier alpha value is -1.18. The lowest BCUT2D eigenvalue weighted by Gasteiger charge is -2.44. The molecule has 0 aromatic heterocycles. The van der Waals surface area contributed by atoms with Crippen molar-refractivity contribution in [2.75, 3.05) is 85.8 Å². The molecule has 4 rings (SSSR count). The molecule has 0 amide bonds. The van der Waals surface area contributed by atoms with E-state index in [0.29, 0.717) is 6.04 Å². The number of hydrogen-bond donors (Lipinski definition) is 0. The first kappa shape index (κ1) is 24.9. The Morgan fingerprint density at radius 2 is 1.55 bits per heavy atom. The SMILES string of the molecule is CCOc1ccc(C(CN2CCC(N3CCCCC3)CC2)N2CCN(CCOC)CC2)cc1. The summed E-state index contributed by atoms with van der Waals surface area (Å²) in [6.45, 7) is 15.4. The second-order valence-electron chi connectivity index (χ2n) is 10.0. The van der Waals surface area contributed by atoms with Crippen LogP contribution in [0.5, 0.6) is 5.75 Å². The number of nitrogens with zero attached hydrogens (tertiary/aromatic N) is 4. The van der Waals surface area contributed by atoms with Crippen LogP contribution in [0.4, 0.5) is 0 Å². The first-order chi connectivity index (χ1) is 16.3. The number of benzene rings is 1. The van der Waals surface area contributed by atoms with E-state index in [0.717, 1.165) is 64.3 Å². The van der Waals surface area contributed by atoms with E-state index in [1.807, 2.05) is 6.92 Å². The van der Waals surface area contributed by atoms with Crippen LogP contribution in [0.3, 0.4) is 0 Å². The molecule has 3 aliphatic rings. The van der Waals surface area contributed by atoms with E-state index < -0.39 is 0 Å². The normalized spacial score (nSPS) is 23.6. The van der Waals surface area contributed by atoms with Crippen molar-refractivity contribution in [1.82, 2.24) is 19.6 Å². The maximum Gasteiger partial charge on any atom is 0.119 e. The fraction of sp³-hybridized carbons (Fsp3) is 0.778. The summed E-state index contributed by atoms with van der Waals surface area (Å²) in [5.74, 6) is 0.978. The van der Waals surface area contributed by atoms with Gasteiger partial charge >= 0.3 is 0 Å². The van der Waals surface area contributed by atoms with Gasteiger partial charge in [0.2, 0.25) is 0 Å². The van der Waals surface area contributed by atoms with Crippen molar-refractivity contribution in [3.8, 4) is 5.75 Å². The van der Waals surface area contributed by atoms with Crippen molar-refractivity contribution >= 4 is 0 Å². The summed E-state index contributed by atoms with van der Waals surface area (Å²) in [5.41, 5.74) is 1.43. The van der Waals surface area contributed by atoms with E-state index in [-0.39, 0.29) is 0 Å². The minimum Gasteiger partial charge on any atom is -0.494 e. The van der Waals surface area contributed by atoms with E-state index in [9.17, 15) is 0 Å². The molecule has 3 aliphatic heterocycles. The maximum atomic E-state index is 5.71. The first-order valence-corrected chi connectivity index (χ1v) is 13.4. The highest BCUT2D eigenvalue weighted by Crippen LogP contribution is 2.28. The molecule has 0 N–H and O–H groups in total. The molecule has 3 fully saturated rings. The zero-order valence-electron chi connectivity index (χ0n) is 21.1. The highest BCUT2D eigenvalue weighted by atomic mass is 16.5. The van der Waals surface area contributed by atoms with Crippen molar-refractivity contribution in [2.45, 2.75) is 51.1 Å². The molecular formula is C27H46N4O2. The lowest BCUT2D eigenvalue weighted by molar-refractivity contribution is 0.0445. The Morgan fingerprint density at radius 3 is 2.18 bits per heavy atom. The standard InChI is InChI=1S/C27H46N4O2/c1-3-33-26-9-7-24(8-10-26)27(31-19-17-28(18-20-31)21-22-32-2)23-29-15-11-25(12-16-29)30-13-5-4-6-14-30/h7-10,25,27H,3-6,11-23H2,1-2H3. The minimum absolute atomic E-state index is 0.455. The van der Waals surface area contributed by atoms with Crippen LogP contribution in [0, 0.1) is 0 Å². The van der Waals surface area contributed by atoms with Crippen LogP contribution in [0.15, 0.2) is 24.3 Å². The van der Waals surface area contributed by atoms with Crippen molar-refractivity contribution in [3.63, 3.8) is 0 Å². The number of piperidine rings is 2. The van der Waals surface area contributed by atoms with Gasteiger partial charge < -0.3 is 19.3 Å². The van der Waals surface area contributed by atoms with Gasteiger partial charge in [0.15, 0.2) is 0 Å². The average molecular weight is 459 g/mol. The number of ether oxygens (including phenoxy) is 2. The lowest BCUT2D eigenvalue weighted by Crippen LogP contribution is -2.52. The topological polar surface area (TPSA) is 31.4 Å². The second kappa shape index (κ2) is 13.1. The number of rotatable bonds is 10. The Labute approximate surface area is 201 Å². The van der Waals surface area contributed by atoms with Gasteiger partial charge in [0, 0.05) is 58.5 Å². The number of piperazine rings is 1. The van der Waals surface area contributed by atoms with Gasteiger partial charge in [-0.3, -0.25) is 9.80 Å². The molecule has 0 saturated carbocycles. The Balaban J connectivity index is 1.37. The zero-order valence-corrected chi connectivity index (χ0v) is 21.1. The summed E-state index contributed by atoms with van der Waals surface area (Å²) in [6.07, 6.45) is 6.90. The molecule has 1 atom stereocenters. The minimum atomic E-state index is 0.455. The van der Waals surface area contributed by atoms with Gasteiger partial charge in [-0.15, -0.1) is 0 Å². The monoisotopic (exact) mass is 458 g/mol. The molecule has 186 valence electrons. The van der Waals surface area contributed by atoms with Crippen LogP contribution in [-0.2, 0) is 4.74 Å². The Morgan fingerprint density at radius 1 is 0.848 bits per heavy atom. The highest BCUT2D eigenvalue weighted by molar-refractivity contribution is 5.29. The zero-order chi connectivity index (χ0) is 22.9. The lowest BCUT2D eigenvalue weighted by atomic mass is 9.98. The van der Waals surface area contributed by atoms with Crippen molar-refractivity contribution in [3.05, 3.63) is 29.8 Å². The molecule has 0 spiro atoms. The molecule has 6 heteroatoms. The first-order valence-electron chi connectivity index (χ1n) is 13.4. The third kappa shape index (κ3) is 7.15. The van der Waals surface area contributed by atoms with Crippen molar-refractivity contribution < 1.29 is 9.47 Å². The van der Waals surface area contributed by atoms with E-state index in [2.05, 4.69) is 43.9 Å². The molecular weight excluding hydrogens is 412 g/mol. The quantitative estimate of drug-likeness (QED) is 0.535. The number of hydrogen-bond acceptors (Lipinski definition) is 6.